The van der Waals surface area contributed by atoms with Gasteiger partial charge >= 0.3 is 0 Å². The van der Waals surface area contributed by atoms with Crippen LogP contribution >= 0.6 is 0 Å². The molecule has 0 fully saturated rings. The minimum absolute atomic E-state index is 0.264. The Bertz CT molecular complexity index is 4250. The second-order valence-electron chi connectivity index (χ2n) is 19.0. The van der Waals surface area contributed by atoms with E-state index in [0.717, 1.165) is 80.0 Å². The Hall–Kier alpha value is -8.86. The molecule has 0 N–H and O–H groups in total. The average molecular weight is 897 g/mol. The van der Waals surface area contributed by atoms with Crippen molar-refractivity contribution >= 4 is 82.5 Å². The van der Waals surface area contributed by atoms with E-state index in [2.05, 4.69) is 234 Å². The number of furan rings is 2. The van der Waals surface area contributed by atoms with Crippen molar-refractivity contribution in [1.82, 2.24) is 4.57 Å². The van der Waals surface area contributed by atoms with Crippen LogP contribution in [0.3, 0.4) is 0 Å². The van der Waals surface area contributed by atoms with Crippen LogP contribution in [0.1, 0.15) is 30.4 Å². The molecule has 1 atom stereocenters. The fourth-order valence-corrected chi connectivity index (χ4v) is 11.8. The van der Waals surface area contributed by atoms with Crippen molar-refractivity contribution in [3.63, 3.8) is 0 Å². The average Bonchev–Trinajstić information content (AvgIpc) is 4.18. The maximum absolute atomic E-state index is 6.72. The summed E-state index contributed by atoms with van der Waals surface area (Å²) in [5.74, 6) is 0. The van der Waals surface area contributed by atoms with Crippen LogP contribution in [0.4, 0.5) is 5.69 Å². The Morgan fingerprint density at radius 2 is 1.00 bits per heavy atom. The SMILES string of the molecule is C1=CCCC(N2c3ccc(-c4ccccc4)cc3C3=CC(c4ccc5oc6c(ccc7c8cc(-c9ccc%10c(c9)c9cc(-c%11ccccc%11)ccc9n%10-c9ccccc9)ccc8oc76)c5c4)=CCC32)=C1. The highest BCUT2D eigenvalue weighted by atomic mass is 16.4. The number of aromatic nitrogens is 1. The van der Waals surface area contributed by atoms with Crippen molar-refractivity contribution in [2.45, 2.75) is 25.3 Å². The Balaban J connectivity index is 0.808. The fourth-order valence-electron chi connectivity index (χ4n) is 11.8. The van der Waals surface area contributed by atoms with Gasteiger partial charge in [-0.2, -0.15) is 0 Å². The number of para-hydroxylation sites is 1. The summed E-state index contributed by atoms with van der Waals surface area (Å²) in [6.45, 7) is 0. The van der Waals surface area contributed by atoms with Gasteiger partial charge in [0.05, 0.1) is 17.1 Å². The molecule has 4 nitrogen and oxygen atoms in total. The zero-order chi connectivity index (χ0) is 45.9. The third-order valence-corrected chi connectivity index (χ3v) is 15.1. The van der Waals surface area contributed by atoms with E-state index in [1.165, 1.54) is 77.7 Å². The minimum atomic E-state index is 0.264. The summed E-state index contributed by atoms with van der Waals surface area (Å²) in [6, 6.07) is 70.8. The van der Waals surface area contributed by atoms with Crippen molar-refractivity contribution in [1.29, 1.82) is 0 Å². The van der Waals surface area contributed by atoms with Crippen molar-refractivity contribution in [3.05, 3.63) is 241 Å². The first-order valence-corrected chi connectivity index (χ1v) is 24.5. The lowest BCUT2D eigenvalue weighted by molar-refractivity contribution is 0.633. The summed E-state index contributed by atoms with van der Waals surface area (Å²) < 4.78 is 15.8. The van der Waals surface area contributed by atoms with E-state index in [1.807, 2.05) is 0 Å². The van der Waals surface area contributed by atoms with E-state index in [-0.39, 0.29) is 6.04 Å². The lowest BCUT2D eigenvalue weighted by Gasteiger charge is -2.32. The summed E-state index contributed by atoms with van der Waals surface area (Å²) >= 11 is 0. The standard InChI is InChI=1S/C66H44N2O2/c1-5-13-41(14-6-1)43-21-29-59-53(35-43)55-37-45(23-31-61(55)67(59)49-17-9-3-10-18-49)47-25-33-63-57(39-47)51-27-28-52-58-40-48(26-34-64(58)70-66(52)65(51)69-63)46-24-32-62-56(38-46)54-36-44(42-15-7-2-8-16-42)22-30-60(54)68(62)50-19-11-4-12-20-50/h1-11,13-19,21-31,33-40,62H,12,20,32H2. The van der Waals surface area contributed by atoms with E-state index in [4.69, 9.17) is 8.83 Å². The van der Waals surface area contributed by atoms with Gasteiger partial charge in [-0.15, -0.1) is 0 Å². The molecule has 1 aliphatic heterocycles. The molecule has 15 rings (SSSR count). The molecule has 0 saturated heterocycles. The number of allylic oxidation sites excluding steroid dienone is 6. The van der Waals surface area contributed by atoms with Crippen molar-refractivity contribution in [2.75, 3.05) is 4.90 Å². The molecule has 4 heterocycles. The van der Waals surface area contributed by atoms with Crippen LogP contribution in [0.15, 0.2) is 239 Å². The minimum Gasteiger partial charge on any atom is -0.452 e. The number of hydrogen-bond donors (Lipinski definition) is 0. The van der Waals surface area contributed by atoms with Gasteiger partial charge < -0.3 is 18.3 Å². The van der Waals surface area contributed by atoms with Crippen molar-refractivity contribution in [2.24, 2.45) is 0 Å². The molecule has 3 aromatic heterocycles. The fraction of sp³-hybridized carbons (Fsp3) is 0.0606. The summed E-state index contributed by atoms with van der Waals surface area (Å²) in [4.78, 5) is 2.60. The molecule has 0 spiro atoms. The monoisotopic (exact) mass is 896 g/mol. The Morgan fingerprint density at radius 3 is 1.63 bits per heavy atom. The quantitative estimate of drug-likeness (QED) is 0.167. The molecule has 70 heavy (non-hydrogen) atoms. The summed E-state index contributed by atoms with van der Waals surface area (Å²) in [5, 5.41) is 6.72. The van der Waals surface area contributed by atoms with E-state index >= 15 is 0 Å². The third kappa shape index (κ3) is 6.03. The zero-order valence-electron chi connectivity index (χ0n) is 38.3. The second kappa shape index (κ2) is 15.3. The van der Waals surface area contributed by atoms with Crippen LogP contribution in [0.5, 0.6) is 0 Å². The van der Waals surface area contributed by atoms with Crippen molar-refractivity contribution < 1.29 is 8.83 Å². The Kier molecular flexibility index (Phi) is 8.58. The van der Waals surface area contributed by atoms with Crippen LogP contribution in [0.2, 0.25) is 0 Å². The summed E-state index contributed by atoms with van der Waals surface area (Å²) in [7, 11) is 0. The maximum atomic E-state index is 6.72. The lowest BCUT2D eigenvalue weighted by Crippen LogP contribution is -2.31. The van der Waals surface area contributed by atoms with Crippen LogP contribution < -0.4 is 4.90 Å². The molecule has 9 aromatic carbocycles. The largest absolute Gasteiger partial charge is 0.452 e. The van der Waals surface area contributed by atoms with Gasteiger partial charge in [-0.3, -0.25) is 0 Å². The van der Waals surface area contributed by atoms with E-state index in [9.17, 15) is 0 Å². The Labute approximate surface area is 404 Å². The highest BCUT2D eigenvalue weighted by molar-refractivity contribution is 6.20. The number of fused-ring (bicyclic) bond motifs is 13. The van der Waals surface area contributed by atoms with Gasteiger partial charge in [0.25, 0.3) is 0 Å². The first-order valence-electron chi connectivity index (χ1n) is 24.5. The molecule has 12 aromatic rings. The molecule has 4 heteroatoms. The van der Waals surface area contributed by atoms with Crippen molar-refractivity contribution in [3.8, 4) is 39.1 Å². The van der Waals surface area contributed by atoms with E-state index in [1.54, 1.807) is 0 Å². The first kappa shape index (κ1) is 39.2. The highest BCUT2D eigenvalue weighted by Crippen LogP contribution is 2.50. The highest BCUT2D eigenvalue weighted by Gasteiger charge is 2.37. The molecule has 1 unspecified atom stereocenters. The third-order valence-electron chi connectivity index (χ3n) is 15.1. The molecular formula is C66H44N2O2. The second-order valence-corrected chi connectivity index (χ2v) is 19.0. The molecule has 2 aliphatic carbocycles. The number of anilines is 1. The molecule has 330 valence electrons. The van der Waals surface area contributed by atoms with Gasteiger partial charge in [0.15, 0.2) is 11.2 Å². The van der Waals surface area contributed by atoms with Crippen LogP contribution in [-0.2, 0) is 0 Å². The van der Waals surface area contributed by atoms with Crippen LogP contribution in [0.25, 0.3) is 116 Å². The van der Waals surface area contributed by atoms with Crippen LogP contribution in [-0.4, -0.2) is 10.6 Å². The van der Waals surface area contributed by atoms with Gasteiger partial charge in [0.2, 0.25) is 0 Å². The maximum Gasteiger partial charge on any atom is 0.178 e. The predicted molar refractivity (Wildman–Crippen MR) is 291 cm³/mol. The molecular weight excluding hydrogens is 853 g/mol. The number of benzene rings is 9. The smallest absolute Gasteiger partial charge is 0.178 e. The topological polar surface area (TPSA) is 34.5 Å². The number of hydrogen-bond acceptors (Lipinski definition) is 3. The number of rotatable bonds is 6. The molecule has 3 aliphatic rings. The summed E-state index contributed by atoms with van der Waals surface area (Å²) in [5.41, 5.74) is 21.8. The summed E-state index contributed by atoms with van der Waals surface area (Å²) in [6.07, 6.45) is 14.7. The normalized spacial score (nSPS) is 15.6. The predicted octanol–water partition coefficient (Wildman–Crippen LogP) is 17.9. The number of nitrogens with zero attached hydrogens (tertiary/aromatic N) is 2. The van der Waals surface area contributed by atoms with Gasteiger partial charge in [-0.1, -0.05) is 127 Å². The Morgan fingerprint density at radius 1 is 0.457 bits per heavy atom. The molecule has 0 radical (unpaired) electrons. The van der Waals surface area contributed by atoms with Gasteiger partial charge in [-0.05, 0) is 166 Å². The molecule has 0 bridgehead atoms. The van der Waals surface area contributed by atoms with Gasteiger partial charge in [0.1, 0.15) is 11.2 Å². The van der Waals surface area contributed by atoms with E-state index < -0.39 is 0 Å². The lowest BCUT2D eigenvalue weighted by atomic mass is 9.88. The molecule has 0 amide bonds. The van der Waals surface area contributed by atoms with E-state index in [0.29, 0.717) is 0 Å². The van der Waals surface area contributed by atoms with Crippen LogP contribution in [0, 0.1) is 0 Å². The first-order chi connectivity index (χ1) is 34.7. The van der Waals surface area contributed by atoms with Gasteiger partial charge in [0, 0.05) is 55.0 Å². The zero-order valence-corrected chi connectivity index (χ0v) is 38.3. The van der Waals surface area contributed by atoms with Gasteiger partial charge in [-0.25, -0.2) is 0 Å². The molecule has 0 saturated carbocycles.